The van der Waals surface area contributed by atoms with Crippen LogP contribution < -0.4 is 5.32 Å². The summed E-state index contributed by atoms with van der Waals surface area (Å²) in [6, 6.07) is 2.27. The van der Waals surface area contributed by atoms with E-state index in [9.17, 15) is 17.6 Å². The van der Waals surface area contributed by atoms with E-state index >= 15 is 0 Å². The van der Waals surface area contributed by atoms with E-state index in [1.807, 2.05) is 0 Å². The van der Waals surface area contributed by atoms with Crippen LogP contribution in [0.15, 0.2) is 21.5 Å². The number of halogens is 3. The van der Waals surface area contributed by atoms with Crippen molar-refractivity contribution in [2.45, 2.75) is 30.6 Å². The summed E-state index contributed by atoms with van der Waals surface area (Å²) in [5.74, 6) is -1.15. The van der Waals surface area contributed by atoms with Crippen molar-refractivity contribution in [3.8, 4) is 0 Å². The largest absolute Gasteiger partial charge is 0.352 e. The van der Waals surface area contributed by atoms with Crippen molar-refractivity contribution in [2.24, 2.45) is 5.92 Å². The third kappa shape index (κ3) is 4.17. The molecule has 0 aromatic heterocycles. The minimum absolute atomic E-state index is 0.271. The molecule has 0 heterocycles. The average Bonchev–Trinajstić information content (AvgIpc) is 2.33. The summed E-state index contributed by atoms with van der Waals surface area (Å²) in [6.07, 6.45) is 4.39. The van der Waals surface area contributed by atoms with Crippen LogP contribution in [0.25, 0.3) is 0 Å². The molecule has 0 aliphatic heterocycles. The quantitative estimate of drug-likeness (QED) is 0.773. The van der Waals surface area contributed by atoms with Crippen LogP contribution in [0.2, 0.25) is 0 Å². The Hall–Kier alpha value is -0.660. The van der Waals surface area contributed by atoms with Gasteiger partial charge in [0.25, 0.3) is 15.0 Å². The Morgan fingerprint density at radius 1 is 1.43 bits per heavy atom. The molecule has 21 heavy (non-hydrogen) atoms. The second-order valence-electron chi connectivity index (χ2n) is 5.04. The second-order valence-corrected chi connectivity index (χ2v) is 8.49. The highest BCUT2D eigenvalue weighted by Crippen LogP contribution is 2.29. The monoisotopic (exact) mass is 397 g/mol. The molecule has 1 saturated carbocycles. The van der Waals surface area contributed by atoms with Crippen LogP contribution in [0, 0.1) is 11.7 Å². The van der Waals surface area contributed by atoms with Gasteiger partial charge in [0.15, 0.2) is 5.82 Å². The molecule has 1 aliphatic carbocycles. The van der Waals surface area contributed by atoms with Crippen molar-refractivity contribution >= 4 is 41.6 Å². The van der Waals surface area contributed by atoms with Gasteiger partial charge < -0.3 is 5.32 Å². The number of nitrogens with one attached hydrogen (secondary N) is 1. The molecule has 0 radical (unpaired) electrons. The molecule has 1 aromatic carbocycles. The number of hydrogen-bond acceptors (Lipinski definition) is 3. The lowest BCUT2D eigenvalue weighted by Gasteiger charge is -2.25. The van der Waals surface area contributed by atoms with Crippen molar-refractivity contribution in [1.29, 1.82) is 0 Å². The summed E-state index contributed by atoms with van der Waals surface area (Å²) in [5, 5.41) is 2.61. The highest BCUT2D eigenvalue weighted by Gasteiger charge is 2.24. The van der Waals surface area contributed by atoms with E-state index in [0.717, 1.165) is 25.3 Å². The predicted molar refractivity (Wildman–Crippen MR) is 81.4 cm³/mol. The molecule has 116 valence electrons. The summed E-state index contributed by atoms with van der Waals surface area (Å²) in [5.41, 5.74) is -0.336. The van der Waals surface area contributed by atoms with Gasteiger partial charge in [-0.15, -0.1) is 0 Å². The van der Waals surface area contributed by atoms with Crippen molar-refractivity contribution in [2.75, 3.05) is 6.54 Å². The first-order valence-corrected chi connectivity index (χ1v) is 9.61. The Balaban J connectivity index is 2.14. The molecule has 1 amide bonds. The number of rotatable bonds is 5. The maximum absolute atomic E-state index is 14.1. The Morgan fingerprint density at radius 3 is 2.62 bits per heavy atom. The van der Waals surface area contributed by atoms with E-state index in [0.29, 0.717) is 12.5 Å². The smallest absolute Gasteiger partial charge is 0.264 e. The van der Waals surface area contributed by atoms with E-state index in [-0.39, 0.29) is 10.0 Å². The fourth-order valence-corrected chi connectivity index (χ4v) is 3.71. The summed E-state index contributed by atoms with van der Waals surface area (Å²) >= 11 is 3.05. The molecule has 1 fully saturated rings. The second kappa shape index (κ2) is 6.62. The minimum atomic E-state index is -4.25. The zero-order valence-corrected chi connectivity index (χ0v) is 14.2. The fourth-order valence-electron chi connectivity index (χ4n) is 2.17. The molecule has 0 atom stereocenters. The van der Waals surface area contributed by atoms with Crippen molar-refractivity contribution < 1.29 is 17.6 Å². The van der Waals surface area contributed by atoms with Gasteiger partial charge in [-0.05, 0) is 24.5 Å². The first-order valence-electron chi connectivity index (χ1n) is 6.51. The fraction of sp³-hybridized carbons (Fsp3) is 0.462. The van der Waals surface area contributed by atoms with E-state index in [4.69, 9.17) is 10.7 Å². The SMILES string of the molecule is O=C(NCCC1CCC1)c1cc(Br)cc(S(=O)(=O)Cl)c1F. The number of amides is 1. The van der Waals surface area contributed by atoms with Gasteiger partial charge >= 0.3 is 0 Å². The molecule has 4 nitrogen and oxygen atoms in total. The highest BCUT2D eigenvalue weighted by atomic mass is 79.9. The molecular weight excluding hydrogens is 385 g/mol. The molecular formula is C13H14BrClFNO3S. The average molecular weight is 399 g/mol. The zero-order chi connectivity index (χ0) is 15.6. The van der Waals surface area contributed by atoms with Crippen LogP contribution in [-0.4, -0.2) is 20.9 Å². The third-order valence-corrected chi connectivity index (χ3v) is 5.35. The van der Waals surface area contributed by atoms with E-state index in [1.54, 1.807) is 0 Å². The van der Waals surface area contributed by atoms with Gasteiger partial charge in [0.1, 0.15) is 4.90 Å². The predicted octanol–water partition coefficient (Wildman–Crippen LogP) is 3.44. The molecule has 8 heteroatoms. The van der Waals surface area contributed by atoms with Crippen LogP contribution in [0.5, 0.6) is 0 Å². The van der Waals surface area contributed by atoms with Gasteiger partial charge in [0.2, 0.25) is 0 Å². The van der Waals surface area contributed by atoms with Crippen LogP contribution in [-0.2, 0) is 9.05 Å². The van der Waals surface area contributed by atoms with Gasteiger partial charge in [0.05, 0.1) is 5.56 Å². The summed E-state index contributed by atoms with van der Waals surface area (Å²) in [4.78, 5) is 11.3. The summed E-state index contributed by atoms with van der Waals surface area (Å²) in [6.45, 7) is 0.443. The van der Waals surface area contributed by atoms with Crippen LogP contribution >= 0.6 is 26.6 Å². The molecule has 0 spiro atoms. The van der Waals surface area contributed by atoms with Crippen molar-refractivity contribution in [3.63, 3.8) is 0 Å². The Labute approximate surface area is 135 Å². The van der Waals surface area contributed by atoms with Crippen molar-refractivity contribution in [3.05, 3.63) is 28.0 Å². The third-order valence-electron chi connectivity index (χ3n) is 3.57. The highest BCUT2D eigenvalue weighted by molar-refractivity contribution is 9.10. The van der Waals surface area contributed by atoms with E-state index in [1.165, 1.54) is 12.5 Å². The Bertz CT molecular complexity index is 662. The Morgan fingerprint density at radius 2 is 2.10 bits per heavy atom. The van der Waals surface area contributed by atoms with Gasteiger partial charge in [-0.1, -0.05) is 35.2 Å². The molecule has 1 aliphatic rings. The summed E-state index contributed by atoms with van der Waals surface area (Å²) < 4.78 is 37.0. The molecule has 1 aromatic rings. The lowest BCUT2D eigenvalue weighted by atomic mass is 9.83. The molecule has 0 bridgehead atoms. The number of hydrogen-bond donors (Lipinski definition) is 1. The molecule has 0 unspecified atom stereocenters. The van der Waals surface area contributed by atoms with Crippen LogP contribution in [0.1, 0.15) is 36.0 Å². The van der Waals surface area contributed by atoms with Gasteiger partial charge in [0, 0.05) is 21.7 Å². The Kier molecular flexibility index (Phi) is 5.27. The molecule has 2 rings (SSSR count). The zero-order valence-electron chi connectivity index (χ0n) is 11.0. The molecule has 0 saturated heterocycles. The number of carbonyl (C=O) groups is 1. The number of carbonyl (C=O) groups excluding carboxylic acids is 1. The standard InChI is InChI=1S/C13H14BrClFNO3S/c14-9-6-10(12(16)11(7-9)21(15,19)20)13(18)17-5-4-8-2-1-3-8/h6-8H,1-5H2,(H,17,18). The summed E-state index contributed by atoms with van der Waals surface area (Å²) in [7, 11) is 0.911. The van der Waals surface area contributed by atoms with E-state index in [2.05, 4.69) is 21.2 Å². The first kappa shape index (κ1) is 16.7. The van der Waals surface area contributed by atoms with Crippen molar-refractivity contribution in [1.82, 2.24) is 5.32 Å². The van der Waals surface area contributed by atoms with Gasteiger partial charge in [-0.2, -0.15) is 0 Å². The maximum atomic E-state index is 14.1. The molecule has 1 N–H and O–H groups in total. The van der Waals surface area contributed by atoms with Crippen LogP contribution in [0.3, 0.4) is 0 Å². The lowest BCUT2D eigenvalue weighted by Crippen LogP contribution is -2.28. The normalized spacial score (nSPS) is 15.6. The topological polar surface area (TPSA) is 63.2 Å². The lowest BCUT2D eigenvalue weighted by molar-refractivity contribution is 0.0944. The maximum Gasteiger partial charge on any atom is 0.264 e. The van der Waals surface area contributed by atoms with E-state index < -0.39 is 25.7 Å². The minimum Gasteiger partial charge on any atom is -0.352 e. The first-order chi connectivity index (χ1) is 9.79. The van der Waals surface area contributed by atoms with Gasteiger partial charge in [-0.25, -0.2) is 12.8 Å². The van der Waals surface area contributed by atoms with Gasteiger partial charge in [-0.3, -0.25) is 4.79 Å². The number of benzene rings is 1. The van der Waals surface area contributed by atoms with Crippen LogP contribution in [0.4, 0.5) is 4.39 Å².